The Kier molecular flexibility index (Phi) is 7.23. The van der Waals surface area contributed by atoms with E-state index in [0.717, 1.165) is 123 Å². The molecule has 0 spiro atoms. The van der Waals surface area contributed by atoms with Gasteiger partial charge in [-0.2, -0.15) is 0 Å². The molecule has 0 saturated carbocycles. The second-order valence-corrected chi connectivity index (χ2v) is 24.5. The molecule has 304 valence electrons. The highest BCUT2D eigenvalue weighted by atomic mass is 79.9. The number of pyridine rings is 4. The molecule has 64 heavy (non-hydrogen) atoms. The van der Waals surface area contributed by atoms with E-state index < -0.39 is 0 Å². The standard InChI is InChI=1S/2C24H8Br2N2O2S2/c25-13-7-31-17-5-15-9-1-3-11-20-10(2-4-12(19(9)20)24(30)27(15)21(13)17)16-6-18-22(14(26)8-32-18)28(16)23(11)29;25-19-7-15-17(31-19)5-13-9-1-3-11-22-10(2-4-12(21(9)22)24(30)27(13)15)14-6-18-16(8-20(26)32-18)28(14)23(11)29/h2*1-8H. The molecule has 0 N–H and O–H groups in total. The Balaban J connectivity index is 0.000000119. The Morgan fingerprint density at radius 1 is 0.344 bits per heavy atom. The van der Waals surface area contributed by atoms with Gasteiger partial charge < -0.3 is 0 Å². The van der Waals surface area contributed by atoms with Crippen LogP contribution in [0.1, 0.15) is 0 Å². The molecular formula is C48H16Br4N4O4S4. The summed E-state index contributed by atoms with van der Waals surface area (Å²) in [6, 6.07) is 28.0. The molecule has 0 aliphatic heterocycles. The van der Waals surface area contributed by atoms with Crippen LogP contribution in [-0.2, 0) is 0 Å². The van der Waals surface area contributed by atoms with E-state index in [-0.39, 0.29) is 22.2 Å². The molecule has 12 aromatic heterocycles. The number of rotatable bonds is 0. The van der Waals surface area contributed by atoms with Gasteiger partial charge in [0.25, 0.3) is 22.2 Å². The van der Waals surface area contributed by atoms with E-state index in [4.69, 9.17) is 0 Å². The van der Waals surface area contributed by atoms with Crippen LogP contribution >= 0.6 is 109 Å². The fourth-order valence-corrected chi connectivity index (χ4v) is 16.9. The smallest absolute Gasteiger partial charge is 0.263 e. The first-order valence-electron chi connectivity index (χ1n) is 19.6. The van der Waals surface area contributed by atoms with E-state index >= 15 is 0 Å². The highest BCUT2D eigenvalue weighted by molar-refractivity contribution is 9.11. The average Bonchev–Trinajstić information content (AvgIpc) is 4.16. The Hall–Kier alpha value is -5.04. The number of fused-ring (bicyclic) bond motifs is 16. The molecule has 0 atom stereocenters. The molecule has 12 heterocycles. The van der Waals surface area contributed by atoms with Crippen LogP contribution in [0, 0.1) is 0 Å². The Bertz CT molecular complexity index is 4760. The summed E-state index contributed by atoms with van der Waals surface area (Å²) in [5, 5.41) is 14.1. The van der Waals surface area contributed by atoms with Gasteiger partial charge in [-0.1, -0.05) is 24.3 Å². The van der Waals surface area contributed by atoms with E-state index in [9.17, 15) is 19.2 Å². The number of hydrogen-bond acceptors (Lipinski definition) is 8. The second kappa shape index (κ2) is 12.4. The molecule has 4 aromatic carbocycles. The van der Waals surface area contributed by atoms with Crippen molar-refractivity contribution in [1.82, 2.24) is 17.6 Å². The molecule has 0 radical (unpaired) electrons. The van der Waals surface area contributed by atoms with E-state index in [1.165, 1.54) is 0 Å². The average molecular weight is 1160 g/mol. The SMILES string of the molecule is O=c1c2ccc3c4c(ccc(c24)c2cc4sc(Br)cc4n12)c(=O)n1c2cc(Br)sc2cc31.O=c1c2ccc3c4c(ccc(c24)c2cc4scc(Br)c4n12)c(=O)n1c3cc2scc(Br)c21. The van der Waals surface area contributed by atoms with Gasteiger partial charge in [0, 0.05) is 75.4 Å². The second-order valence-electron chi connectivity index (χ2n) is 16.0. The normalized spacial score (nSPS) is 12.9. The van der Waals surface area contributed by atoms with Crippen molar-refractivity contribution in [3.63, 3.8) is 0 Å². The zero-order valence-electron chi connectivity index (χ0n) is 31.8. The number of thiophene rings is 4. The number of aromatic nitrogens is 4. The van der Waals surface area contributed by atoms with Crippen LogP contribution in [0.2, 0.25) is 0 Å². The molecule has 0 fully saturated rings. The van der Waals surface area contributed by atoms with Gasteiger partial charge >= 0.3 is 0 Å². The van der Waals surface area contributed by atoms with Gasteiger partial charge in [-0.15, -0.1) is 45.3 Å². The van der Waals surface area contributed by atoms with E-state index in [0.29, 0.717) is 21.5 Å². The van der Waals surface area contributed by atoms with Crippen LogP contribution in [0.15, 0.2) is 131 Å². The van der Waals surface area contributed by atoms with Gasteiger partial charge in [-0.3, -0.25) is 36.8 Å². The van der Waals surface area contributed by atoms with Crippen molar-refractivity contribution in [2.45, 2.75) is 0 Å². The van der Waals surface area contributed by atoms with Gasteiger partial charge in [0.1, 0.15) is 0 Å². The van der Waals surface area contributed by atoms with Crippen molar-refractivity contribution in [2.75, 3.05) is 0 Å². The lowest BCUT2D eigenvalue weighted by Gasteiger charge is -2.13. The maximum atomic E-state index is 13.7. The fraction of sp³-hybridized carbons (Fsp3) is 0. The minimum atomic E-state index is -0.0533. The van der Waals surface area contributed by atoms with Crippen molar-refractivity contribution < 1.29 is 0 Å². The monoisotopic (exact) mass is 1160 g/mol. The molecule has 0 aliphatic carbocycles. The first-order valence-corrected chi connectivity index (χ1v) is 26.2. The fourth-order valence-electron chi connectivity index (χ4n) is 10.6. The summed E-state index contributed by atoms with van der Waals surface area (Å²) >= 11 is 20.7. The van der Waals surface area contributed by atoms with Crippen molar-refractivity contribution in [1.29, 1.82) is 0 Å². The largest absolute Gasteiger partial charge is 0.275 e. The first kappa shape index (κ1) is 37.2. The van der Waals surface area contributed by atoms with E-state index in [2.05, 4.69) is 88.0 Å². The lowest BCUT2D eigenvalue weighted by molar-refractivity contribution is 1.20. The molecule has 16 heteroatoms. The lowest BCUT2D eigenvalue weighted by atomic mass is 9.95. The number of benzene rings is 4. The topological polar surface area (TPSA) is 85.9 Å². The van der Waals surface area contributed by atoms with Crippen molar-refractivity contribution in [3.8, 4) is 0 Å². The molecule has 0 unspecified atom stereocenters. The van der Waals surface area contributed by atoms with Gasteiger partial charge in [0.2, 0.25) is 0 Å². The first-order chi connectivity index (χ1) is 31.0. The number of nitrogens with zero attached hydrogens (tertiary/aromatic N) is 4. The molecule has 0 aliphatic rings. The number of hydrogen-bond donors (Lipinski definition) is 0. The van der Waals surface area contributed by atoms with Crippen molar-refractivity contribution in [2.24, 2.45) is 0 Å². The molecule has 16 rings (SSSR count). The zero-order valence-corrected chi connectivity index (χ0v) is 41.4. The quantitative estimate of drug-likeness (QED) is 0.142. The third-order valence-electron chi connectivity index (χ3n) is 13.0. The minimum Gasteiger partial charge on any atom is -0.275 e. The molecule has 0 amide bonds. The number of halogens is 4. The highest BCUT2D eigenvalue weighted by Gasteiger charge is 2.25. The third-order valence-corrected chi connectivity index (χ3v) is 19.8. The minimum absolute atomic E-state index is 0.0465. The predicted octanol–water partition coefficient (Wildman–Crippen LogP) is 14.4. The van der Waals surface area contributed by atoms with Crippen LogP contribution < -0.4 is 22.2 Å². The predicted molar refractivity (Wildman–Crippen MR) is 284 cm³/mol. The third kappa shape index (κ3) is 4.42. The summed E-state index contributed by atoms with van der Waals surface area (Å²) in [7, 11) is 0. The Morgan fingerprint density at radius 3 is 1.00 bits per heavy atom. The molecule has 0 bridgehead atoms. The van der Waals surface area contributed by atoms with Crippen LogP contribution in [0.25, 0.3) is 128 Å². The van der Waals surface area contributed by atoms with Crippen molar-refractivity contribution >= 4 is 237 Å². The van der Waals surface area contributed by atoms with E-state index in [1.54, 1.807) is 62.9 Å². The van der Waals surface area contributed by atoms with Crippen molar-refractivity contribution in [3.05, 3.63) is 154 Å². The zero-order chi connectivity index (χ0) is 42.9. The summed E-state index contributed by atoms with van der Waals surface area (Å²) in [4.78, 5) is 54.6. The highest BCUT2D eigenvalue weighted by Crippen LogP contribution is 2.44. The van der Waals surface area contributed by atoms with Gasteiger partial charge in [-0.05, 0) is 124 Å². The molecular weight excluding hydrogens is 1140 g/mol. The molecule has 8 nitrogen and oxygen atoms in total. The summed E-state index contributed by atoms with van der Waals surface area (Å²) in [6.07, 6.45) is 0. The van der Waals surface area contributed by atoms with E-state index in [1.807, 2.05) is 71.4 Å². The Morgan fingerprint density at radius 2 is 0.641 bits per heavy atom. The van der Waals surface area contributed by atoms with Crippen LogP contribution in [-0.4, -0.2) is 17.6 Å². The van der Waals surface area contributed by atoms with Crippen LogP contribution in [0.3, 0.4) is 0 Å². The lowest BCUT2D eigenvalue weighted by Crippen LogP contribution is -2.16. The summed E-state index contributed by atoms with van der Waals surface area (Å²) < 4.78 is 15.3. The summed E-state index contributed by atoms with van der Waals surface area (Å²) in [6.45, 7) is 0. The van der Waals surface area contributed by atoms with Gasteiger partial charge in [0.15, 0.2) is 0 Å². The maximum absolute atomic E-state index is 13.7. The maximum Gasteiger partial charge on any atom is 0.263 e. The summed E-state index contributed by atoms with van der Waals surface area (Å²) in [5.41, 5.74) is 6.98. The van der Waals surface area contributed by atoms with Crippen LogP contribution in [0.5, 0.6) is 0 Å². The van der Waals surface area contributed by atoms with Gasteiger partial charge in [0.05, 0.1) is 79.5 Å². The van der Waals surface area contributed by atoms with Gasteiger partial charge in [-0.25, -0.2) is 0 Å². The van der Waals surface area contributed by atoms with Crippen LogP contribution in [0.4, 0.5) is 0 Å². The Labute approximate surface area is 403 Å². The molecule has 16 aromatic rings. The summed E-state index contributed by atoms with van der Waals surface area (Å²) in [5.74, 6) is 0. The molecule has 0 saturated heterocycles.